The van der Waals surface area contributed by atoms with Gasteiger partial charge >= 0.3 is 6.18 Å². The number of halogens is 4. The standard InChI is InChI=1S/C10H11ClF3NO2/c1-16-4-5-17-7-3-2-6(10(12,13)14)8(11)9(7)15/h2-3H,4-5,15H2,1H3. The van der Waals surface area contributed by atoms with Gasteiger partial charge in [0.05, 0.1) is 22.9 Å². The van der Waals surface area contributed by atoms with Crippen molar-refractivity contribution < 1.29 is 22.6 Å². The first-order chi connectivity index (χ1) is 7.88. The van der Waals surface area contributed by atoms with E-state index in [4.69, 9.17) is 26.8 Å². The molecule has 0 aromatic heterocycles. The largest absolute Gasteiger partial charge is 0.489 e. The summed E-state index contributed by atoms with van der Waals surface area (Å²) >= 11 is 5.54. The highest BCUT2D eigenvalue weighted by molar-refractivity contribution is 6.34. The van der Waals surface area contributed by atoms with Crippen LogP contribution < -0.4 is 10.5 Å². The molecule has 0 spiro atoms. The lowest BCUT2D eigenvalue weighted by Crippen LogP contribution is -2.10. The highest BCUT2D eigenvalue weighted by Crippen LogP contribution is 2.41. The topological polar surface area (TPSA) is 44.5 Å². The van der Waals surface area contributed by atoms with Crippen LogP contribution >= 0.6 is 11.6 Å². The zero-order valence-electron chi connectivity index (χ0n) is 8.97. The molecule has 0 atom stereocenters. The van der Waals surface area contributed by atoms with E-state index in [0.29, 0.717) is 6.61 Å². The van der Waals surface area contributed by atoms with Crippen LogP contribution in [0.15, 0.2) is 12.1 Å². The monoisotopic (exact) mass is 269 g/mol. The van der Waals surface area contributed by atoms with E-state index in [0.717, 1.165) is 12.1 Å². The number of hydrogen-bond acceptors (Lipinski definition) is 3. The van der Waals surface area contributed by atoms with E-state index in [1.807, 2.05) is 0 Å². The second-order valence-electron chi connectivity index (χ2n) is 3.18. The van der Waals surface area contributed by atoms with Crippen LogP contribution in [0.1, 0.15) is 5.56 Å². The predicted molar refractivity (Wildman–Crippen MR) is 58.2 cm³/mol. The summed E-state index contributed by atoms with van der Waals surface area (Å²) in [7, 11) is 1.48. The molecule has 96 valence electrons. The summed E-state index contributed by atoms with van der Waals surface area (Å²) in [4.78, 5) is 0. The third-order valence-corrected chi connectivity index (χ3v) is 2.40. The van der Waals surface area contributed by atoms with E-state index in [-0.39, 0.29) is 18.0 Å². The number of ether oxygens (including phenoxy) is 2. The molecule has 0 bridgehead atoms. The zero-order chi connectivity index (χ0) is 13.1. The summed E-state index contributed by atoms with van der Waals surface area (Å²) in [5.74, 6) is 0.111. The molecule has 0 radical (unpaired) electrons. The molecule has 1 aromatic carbocycles. The summed E-state index contributed by atoms with van der Waals surface area (Å²) in [6.07, 6.45) is -4.53. The molecule has 1 aromatic rings. The number of rotatable bonds is 4. The first kappa shape index (κ1) is 13.9. The Balaban J connectivity index is 2.95. The van der Waals surface area contributed by atoms with Crippen LogP contribution in [0.25, 0.3) is 0 Å². The lowest BCUT2D eigenvalue weighted by atomic mass is 10.2. The van der Waals surface area contributed by atoms with Crippen LogP contribution in [0.4, 0.5) is 18.9 Å². The van der Waals surface area contributed by atoms with Gasteiger partial charge in [-0.2, -0.15) is 13.2 Å². The predicted octanol–water partition coefficient (Wildman–Crippen LogP) is 2.97. The first-order valence-electron chi connectivity index (χ1n) is 4.65. The quantitative estimate of drug-likeness (QED) is 0.675. The van der Waals surface area contributed by atoms with E-state index in [1.165, 1.54) is 7.11 Å². The molecule has 17 heavy (non-hydrogen) atoms. The van der Waals surface area contributed by atoms with Crippen molar-refractivity contribution in [2.24, 2.45) is 0 Å². The molecule has 0 fully saturated rings. The fraction of sp³-hybridized carbons (Fsp3) is 0.400. The Morgan fingerprint density at radius 3 is 2.47 bits per heavy atom. The molecule has 0 unspecified atom stereocenters. The average molecular weight is 270 g/mol. The number of hydrogen-bond donors (Lipinski definition) is 1. The smallest absolute Gasteiger partial charge is 0.417 e. The van der Waals surface area contributed by atoms with Crippen molar-refractivity contribution in [1.29, 1.82) is 0 Å². The number of anilines is 1. The molecular weight excluding hydrogens is 259 g/mol. The van der Waals surface area contributed by atoms with Crippen molar-refractivity contribution in [2.75, 3.05) is 26.1 Å². The normalized spacial score (nSPS) is 11.6. The van der Waals surface area contributed by atoms with Gasteiger partial charge in [0, 0.05) is 7.11 Å². The third-order valence-electron chi connectivity index (χ3n) is 1.99. The average Bonchev–Trinajstić information content (AvgIpc) is 2.23. The molecule has 0 amide bonds. The lowest BCUT2D eigenvalue weighted by molar-refractivity contribution is -0.137. The maximum absolute atomic E-state index is 12.5. The highest BCUT2D eigenvalue weighted by Gasteiger charge is 2.34. The maximum Gasteiger partial charge on any atom is 0.417 e. The number of nitrogens with two attached hydrogens (primary N) is 1. The Bertz CT molecular complexity index is 396. The van der Waals surface area contributed by atoms with Crippen LogP contribution in [0.3, 0.4) is 0 Å². The van der Waals surface area contributed by atoms with Gasteiger partial charge in [-0.3, -0.25) is 0 Å². The summed E-state index contributed by atoms with van der Waals surface area (Å²) in [6, 6.07) is 1.97. The SMILES string of the molecule is COCCOc1ccc(C(F)(F)F)c(Cl)c1N. The van der Waals surface area contributed by atoms with E-state index in [2.05, 4.69) is 0 Å². The van der Waals surface area contributed by atoms with Gasteiger partial charge in [-0.05, 0) is 12.1 Å². The van der Waals surface area contributed by atoms with Crippen LogP contribution in [0, 0.1) is 0 Å². The van der Waals surface area contributed by atoms with Gasteiger partial charge in [-0.1, -0.05) is 11.6 Å². The van der Waals surface area contributed by atoms with Crippen LogP contribution in [0.5, 0.6) is 5.75 Å². The molecular formula is C10H11ClF3NO2. The van der Waals surface area contributed by atoms with Crippen molar-refractivity contribution in [1.82, 2.24) is 0 Å². The molecule has 0 aliphatic carbocycles. The number of methoxy groups -OCH3 is 1. The van der Waals surface area contributed by atoms with Crippen LogP contribution in [-0.2, 0) is 10.9 Å². The summed E-state index contributed by atoms with van der Waals surface area (Å²) < 4.78 is 47.3. The number of nitrogen functional groups attached to an aromatic ring is 1. The van der Waals surface area contributed by atoms with Gasteiger partial charge in [0.1, 0.15) is 12.4 Å². The molecule has 0 saturated carbocycles. The van der Waals surface area contributed by atoms with Gasteiger partial charge in [0.25, 0.3) is 0 Å². The summed E-state index contributed by atoms with van der Waals surface area (Å²) in [6.45, 7) is 0.487. The molecule has 1 rings (SSSR count). The third kappa shape index (κ3) is 3.41. The van der Waals surface area contributed by atoms with Gasteiger partial charge in [-0.25, -0.2) is 0 Å². The Hall–Kier alpha value is -1.14. The second kappa shape index (κ2) is 5.46. The summed E-state index contributed by atoms with van der Waals surface area (Å²) in [5.41, 5.74) is 4.26. The highest BCUT2D eigenvalue weighted by atomic mass is 35.5. The minimum atomic E-state index is -4.53. The Morgan fingerprint density at radius 1 is 1.29 bits per heavy atom. The van der Waals surface area contributed by atoms with Gasteiger partial charge in [0.2, 0.25) is 0 Å². The lowest BCUT2D eigenvalue weighted by Gasteiger charge is -2.14. The minimum Gasteiger partial charge on any atom is -0.489 e. The number of benzene rings is 1. The Labute approximate surface area is 101 Å². The second-order valence-corrected chi connectivity index (χ2v) is 3.56. The molecule has 7 heteroatoms. The van der Waals surface area contributed by atoms with Gasteiger partial charge in [-0.15, -0.1) is 0 Å². The molecule has 0 heterocycles. The first-order valence-corrected chi connectivity index (χ1v) is 5.02. The zero-order valence-corrected chi connectivity index (χ0v) is 9.73. The van der Waals surface area contributed by atoms with Gasteiger partial charge < -0.3 is 15.2 Å². The Kier molecular flexibility index (Phi) is 4.47. The fourth-order valence-electron chi connectivity index (χ4n) is 1.15. The van der Waals surface area contributed by atoms with Gasteiger partial charge in [0.15, 0.2) is 0 Å². The molecule has 0 saturated heterocycles. The fourth-order valence-corrected chi connectivity index (χ4v) is 1.42. The summed E-state index contributed by atoms with van der Waals surface area (Å²) in [5, 5.41) is -0.549. The van der Waals surface area contributed by atoms with E-state index >= 15 is 0 Å². The van der Waals surface area contributed by atoms with E-state index < -0.39 is 16.8 Å². The van der Waals surface area contributed by atoms with Crippen molar-refractivity contribution in [3.63, 3.8) is 0 Å². The van der Waals surface area contributed by atoms with Crippen LogP contribution in [-0.4, -0.2) is 20.3 Å². The maximum atomic E-state index is 12.5. The molecule has 0 aliphatic rings. The van der Waals surface area contributed by atoms with E-state index in [9.17, 15) is 13.2 Å². The molecule has 3 nitrogen and oxygen atoms in total. The Morgan fingerprint density at radius 2 is 1.94 bits per heavy atom. The van der Waals surface area contributed by atoms with Crippen LogP contribution in [0.2, 0.25) is 5.02 Å². The van der Waals surface area contributed by atoms with Crippen molar-refractivity contribution in [2.45, 2.75) is 6.18 Å². The van der Waals surface area contributed by atoms with Crippen molar-refractivity contribution in [3.05, 3.63) is 22.7 Å². The van der Waals surface area contributed by atoms with E-state index in [1.54, 1.807) is 0 Å². The molecule has 0 aliphatic heterocycles. The van der Waals surface area contributed by atoms with Crippen molar-refractivity contribution in [3.8, 4) is 5.75 Å². The van der Waals surface area contributed by atoms with Crippen molar-refractivity contribution >= 4 is 17.3 Å². The number of alkyl halides is 3. The molecule has 2 N–H and O–H groups in total. The minimum absolute atomic E-state index is 0.111.